The van der Waals surface area contributed by atoms with Crippen molar-refractivity contribution in [2.75, 3.05) is 25.4 Å². The first kappa shape index (κ1) is 17.4. The summed E-state index contributed by atoms with van der Waals surface area (Å²) < 4.78 is 25.7. The van der Waals surface area contributed by atoms with Gasteiger partial charge in [-0.1, -0.05) is 26.8 Å². The zero-order chi connectivity index (χ0) is 16.2. The highest BCUT2D eigenvalue weighted by molar-refractivity contribution is 7.89. The molecule has 124 valence electrons. The monoisotopic (exact) mass is 325 g/mol. The van der Waals surface area contributed by atoms with E-state index in [9.17, 15) is 8.42 Å². The van der Waals surface area contributed by atoms with E-state index in [-0.39, 0.29) is 5.75 Å². The average Bonchev–Trinajstić information content (AvgIpc) is 2.36. The van der Waals surface area contributed by atoms with E-state index >= 15 is 0 Å². The summed E-state index contributed by atoms with van der Waals surface area (Å²) in [6.07, 6.45) is 4.34. The second-order valence-corrected chi connectivity index (χ2v) is 8.56. The second kappa shape index (κ2) is 7.53. The summed E-state index contributed by atoms with van der Waals surface area (Å²) in [4.78, 5) is 6.55. The molecule has 1 fully saturated rings. The fourth-order valence-electron chi connectivity index (χ4n) is 2.80. The van der Waals surface area contributed by atoms with Crippen molar-refractivity contribution >= 4 is 10.0 Å². The van der Waals surface area contributed by atoms with Crippen LogP contribution in [0.2, 0.25) is 0 Å². The van der Waals surface area contributed by atoms with Gasteiger partial charge >= 0.3 is 0 Å². The van der Waals surface area contributed by atoms with Crippen molar-refractivity contribution in [3.8, 4) is 0 Å². The maximum absolute atomic E-state index is 12.1. The number of hydrogen-bond donors (Lipinski definition) is 0. The normalized spacial score (nSPS) is 17.1. The fourth-order valence-corrected chi connectivity index (χ4v) is 4.37. The number of hydrogen-bond acceptors (Lipinski definition) is 4. The highest BCUT2D eigenvalue weighted by atomic mass is 32.2. The molecule has 0 unspecified atom stereocenters. The molecule has 0 bridgehead atoms. The van der Waals surface area contributed by atoms with E-state index in [1.807, 2.05) is 19.2 Å². The second-order valence-electron chi connectivity index (χ2n) is 6.47. The number of rotatable bonds is 8. The maximum Gasteiger partial charge on any atom is 0.214 e. The van der Waals surface area contributed by atoms with Crippen molar-refractivity contribution in [2.24, 2.45) is 5.92 Å². The van der Waals surface area contributed by atoms with E-state index in [0.29, 0.717) is 31.5 Å². The summed E-state index contributed by atoms with van der Waals surface area (Å²) in [7, 11) is -3.05. The van der Waals surface area contributed by atoms with Gasteiger partial charge in [0.05, 0.1) is 5.75 Å². The Morgan fingerprint density at radius 2 is 2.14 bits per heavy atom. The van der Waals surface area contributed by atoms with Crippen LogP contribution in [-0.2, 0) is 16.6 Å². The predicted molar refractivity (Wildman–Crippen MR) is 88.9 cm³/mol. The molecule has 0 aromatic carbocycles. The van der Waals surface area contributed by atoms with E-state index in [0.717, 1.165) is 13.1 Å². The molecule has 0 amide bonds. The lowest BCUT2D eigenvalue weighted by Crippen LogP contribution is -2.61. The van der Waals surface area contributed by atoms with Crippen LogP contribution in [-0.4, -0.2) is 54.0 Å². The Bertz CT molecular complexity index is 554. The lowest BCUT2D eigenvalue weighted by molar-refractivity contribution is 0.0712. The molecule has 2 rings (SSSR count). The Balaban J connectivity index is 1.97. The van der Waals surface area contributed by atoms with Crippen LogP contribution in [0.4, 0.5) is 0 Å². The molecule has 0 atom stereocenters. The predicted octanol–water partition coefficient (Wildman–Crippen LogP) is 1.96. The lowest BCUT2D eigenvalue weighted by atomic mass is 10.1. The van der Waals surface area contributed by atoms with Crippen molar-refractivity contribution in [3.05, 3.63) is 30.1 Å². The van der Waals surface area contributed by atoms with Gasteiger partial charge in [0.1, 0.15) is 0 Å². The van der Waals surface area contributed by atoms with E-state index in [2.05, 4.69) is 29.8 Å². The number of aromatic nitrogens is 1. The SMILES string of the molecule is CCCS(=O)(=O)N1CC(N(Cc2cccnc2)CC(C)C)C1. The van der Waals surface area contributed by atoms with Crippen LogP contribution in [0.15, 0.2) is 24.5 Å². The van der Waals surface area contributed by atoms with Crippen LogP contribution < -0.4 is 0 Å². The maximum atomic E-state index is 12.1. The van der Waals surface area contributed by atoms with Gasteiger partial charge in [-0.15, -0.1) is 0 Å². The molecule has 0 aliphatic carbocycles. The minimum absolute atomic E-state index is 0.256. The lowest BCUT2D eigenvalue weighted by Gasteiger charge is -2.45. The first-order chi connectivity index (χ1) is 10.4. The molecular formula is C16H27N3O2S. The molecule has 1 saturated heterocycles. The van der Waals surface area contributed by atoms with Gasteiger partial charge in [-0.3, -0.25) is 9.88 Å². The van der Waals surface area contributed by atoms with Gasteiger partial charge in [0.15, 0.2) is 0 Å². The molecule has 6 heteroatoms. The quantitative estimate of drug-likeness (QED) is 0.733. The largest absolute Gasteiger partial charge is 0.293 e. The van der Waals surface area contributed by atoms with Crippen LogP contribution >= 0.6 is 0 Å². The summed E-state index contributed by atoms with van der Waals surface area (Å²) >= 11 is 0. The molecular weight excluding hydrogens is 298 g/mol. The molecule has 2 heterocycles. The Morgan fingerprint density at radius 1 is 1.41 bits per heavy atom. The van der Waals surface area contributed by atoms with Gasteiger partial charge in [0, 0.05) is 44.6 Å². The molecule has 1 aliphatic rings. The smallest absolute Gasteiger partial charge is 0.214 e. The molecule has 0 saturated carbocycles. The van der Waals surface area contributed by atoms with E-state index < -0.39 is 10.0 Å². The highest BCUT2D eigenvalue weighted by Crippen LogP contribution is 2.22. The fraction of sp³-hybridized carbons (Fsp3) is 0.688. The van der Waals surface area contributed by atoms with Crippen molar-refractivity contribution in [1.29, 1.82) is 0 Å². The molecule has 1 aliphatic heterocycles. The Kier molecular flexibility index (Phi) is 5.94. The van der Waals surface area contributed by atoms with Crippen LogP contribution in [0.1, 0.15) is 32.8 Å². The van der Waals surface area contributed by atoms with Crippen molar-refractivity contribution < 1.29 is 8.42 Å². The zero-order valence-corrected chi connectivity index (χ0v) is 14.6. The molecule has 22 heavy (non-hydrogen) atoms. The highest BCUT2D eigenvalue weighted by Gasteiger charge is 2.38. The number of sulfonamides is 1. The zero-order valence-electron chi connectivity index (χ0n) is 13.8. The topological polar surface area (TPSA) is 53.5 Å². The average molecular weight is 325 g/mol. The van der Waals surface area contributed by atoms with Crippen molar-refractivity contribution in [2.45, 2.75) is 39.8 Å². The minimum atomic E-state index is -3.05. The number of nitrogens with zero attached hydrogens (tertiary/aromatic N) is 3. The number of pyridine rings is 1. The first-order valence-electron chi connectivity index (χ1n) is 8.03. The van der Waals surface area contributed by atoms with Gasteiger partial charge in [-0.05, 0) is 24.0 Å². The minimum Gasteiger partial charge on any atom is -0.293 e. The molecule has 0 spiro atoms. The third-order valence-electron chi connectivity index (χ3n) is 3.91. The molecule has 0 N–H and O–H groups in total. The van der Waals surface area contributed by atoms with E-state index in [1.54, 1.807) is 10.5 Å². The van der Waals surface area contributed by atoms with E-state index in [4.69, 9.17) is 0 Å². The Hall–Kier alpha value is -0.980. The molecule has 1 aromatic rings. The summed E-state index contributed by atoms with van der Waals surface area (Å²) in [5, 5.41) is 0. The van der Waals surface area contributed by atoms with Gasteiger partial charge < -0.3 is 0 Å². The van der Waals surface area contributed by atoms with Crippen LogP contribution in [0.3, 0.4) is 0 Å². The standard InChI is InChI=1S/C16H27N3O2S/c1-4-8-22(20,21)19-12-16(13-19)18(10-14(2)3)11-15-6-5-7-17-9-15/h5-7,9,14,16H,4,8,10-13H2,1-3H3. The summed E-state index contributed by atoms with van der Waals surface area (Å²) in [5.41, 5.74) is 1.18. The van der Waals surface area contributed by atoms with Gasteiger partial charge in [0.2, 0.25) is 10.0 Å². The summed E-state index contributed by atoms with van der Waals surface area (Å²) in [5.74, 6) is 0.810. The first-order valence-corrected chi connectivity index (χ1v) is 9.64. The third-order valence-corrected chi connectivity index (χ3v) is 5.92. The van der Waals surface area contributed by atoms with Crippen molar-refractivity contribution in [1.82, 2.24) is 14.2 Å². The third kappa shape index (κ3) is 4.51. The summed E-state index contributed by atoms with van der Waals surface area (Å²) in [6, 6.07) is 4.33. The van der Waals surface area contributed by atoms with Crippen LogP contribution in [0.5, 0.6) is 0 Å². The van der Waals surface area contributed by atoms with Gasteiger partial charge in [-0.25, -0.2) is 8.42 Å². The van der Waals surface area contributed by atoms with Gasteiger partial charge in [0.25, 0.3) is 0 Å². The molecule has 0 radical (unpaired) electrons. The van der Waals surface area contributed by atoms with E-state index in [1.165, 1.54) is 5.56 Å². The van der Waals surface area contributed by atoms with Crippen molar-refractivity contribution in [3.63, 3.8) is 0 Å². The Morgan fingerprint density at radius 3 is 2.68 bits per heavy atom. The van der Waals surface area contributed by atoms with Gasteiger partial charge in [-0.2, -0.15) is 4.31 Å². The molecule has 1 aromatic heterocycles. The van der Waals surface area contributed by atoms with Crippen LogP contribution in [0.25, 0.3) is 0 Å². The summed E-state index contributed by atoms with van der Waals surface area (Å²) in [6.45, 7) is 9.34. The van der Waals surface area contributed by atoms with Crippen LogP contribution in [0, 0.1) is 5.92 Å². The molecule has 5 nitrogen and oxygen atoms in total. The Labute approximate surface area is 134 Å².